The van der Waals surface area contributed by atoms with E-state index in [-0.39, 0.29) is 5.91 Å². The second kappa shape index (κ2) is 9.06. The highest BCUT2D eigenvalue weighted by Crippen LogP contribution is 2.25. The molecule has 0 saturated carbocycles. The first-order chi connectivity index (χ1) is 13.2. The van der Waals surface area contributed by atoms with Gasteiger partial charge in [0.25, 0.3) is 5.91 Å². The Labute approximate surface area is 164 Å². The van der Waals surface area contributed by atoms with Gasteiger partial charge in [0.2, 0.25) is 0 Å². The van der Waals surface area contributed by atoms with Crippen molar-refractivity contribution in [1.82, 2.24) is 0 Å². The van der Waals surface area contributed by atoms with E-state index < -0.39 is 0 Å². The van der Waals surface area contributed by atoms with Crippen molar-refractivity contribution in [2.24, 2.45) is 0 Å². The highest BCUT2D eigenvalue weighted by Gasteiger charge is 2.13. The Hall–Kier alpha value is -3.04. The number of rotatable bonds is 6. The average molecular weight is 378 g/mol. The number of nitrogens with one attached hydrogen (secondary N) is 1. The summed E-state index contributed by atoms with van der Waals surface area (Å²) in [5.74, 6) is 0.501. The van der Waals surface area contributed by atoms with Gasteiger partial charge in [-0.25, -0.2) is 0 Å². The fourth-order valence-electron chi connectivity index (χ4n) is 2.67. The zero-order valence-electron chi connectivity index (χ0n) is 15.0. The maximum Gasteiger partial charge on any atom is 0.256 e. The number of ether oxygens (including phenoxy) is 1. The summed E-state index contributed by atoms with van der Waals surface area (Å²) in [6, 6.07) is 24.3. The largest absolute Gasteiger partial charge is 0.494 e. The summed E-state index contributed by atoms with van der Waals surface area (Å²) < 4.78 is 5.50. The maximum absolute atomic E-state index is 13.0. The van der Waals surface area contributed by atoms with Crippen LogP contribution < -0.4 is 10.1 Å². The lowest BCUT2D eigenvalue weighted by molar-refractivity contribution is -0.111. The van der Waals surface area contributed by atoms with E-state index in [1.54, 1.807) is 18.2 Å². The molecule has 0 fully saturated rings. The van der Waals surface area contributed by atoms with E-state index in [9.17, 15) is 4.79 Å². The molecule has 4 heteroatoms. The maximum atomic E-state index is 13.0. The van der Waals surface area contributed by atoms with E-state index in [1.165, 1.54) is 0 Å². The summed E-state index contributed by atoms with van der Waals surface area (Å²) in [4.78, 5) is 13.0. The zero-order chi connectivity index (χ0) is 19.1. The topological polar surface area (TPSA) is 38.3 Å². The molecule has 3 rings (SSSR count). The lowest BCUT2D eigenvalue weighted by atomic mass is 10.0. The van der Waals surface area contributed by atoms with Crippen LogP contribution in [0.15, 0.2) is 78.9 Å². The number of benzene rings is 3. The Morgan fingerprint density at radius 3 is 2.48 bits per heavy atom. The molecule has 3 nitrogen and oxygen atoms in total. The van der Waals surface area contributed by atoms with Gasteiger partial charge in [0.1, 0.15) is 5.75 Å². The highest BCUT2D eigenvalue weighted by molar-refractivity contribution is 6.34. The monoisotopic (exact) mass is 377 g/mol. The minimum absolute atomic E-state index is 0.213. The molecule has 0 bridgehead atoms. The van der Waals surface area contributed by atoms with E-state index in [1.807, 2.05) is 73.7 Å². The summed E-state index contributed by atoms with van der Waals surface area (Å²) in [6.45, 7) is 2.49. The van der Waals surface area contributed by atoms with Crippen molar-refractivity contribution in [1.29, 1.82) is 0 Å². The zero-order valence-corrected chi connectivity index (χ0v) is 15.7. The first-order valence-electron chi connectivity index (χ1n) is 8.73. The van der Waals surface area contributed by atoms with Crippen LogP contribution >= 0.6 is 11.6 Å². The summed E-state index contributed by atoms with van der Waals surface area (Å²) in [7, 11) is 0. The first-order valence-corrected chi connectivity index (χ1v) is 9.11. The van der Waals surface area contributed by atoms with Gasteiger partial charge in [0, 0.05) is 22.3 Å². The predicted octanol–water partition coefficient (Wildman–Crippen LogP) is 5.92. The van der Waals surface area contributed by atoms with Crippen LogP contribution in [0.3, 0.4) is 0 Å². The second-order valence-electron chi connectivity index (χ2n) is 5.86. The molecule has 3 aromatic rings. The lowest BCUT2D eigenvalue weighted by Gasteiger charge is -2.11. The Morgan fingerprint density at radius 1 is 1.00 bits per heavy atom. The molecule has 0 unspecified atom stereocenters. The SMILES string of the molecule is CCOc1cccc(NC(=O)/C(=C/c2ccccc2Cl)c2ccccc2)c1. The number of anilines is 1. The molecule has 27 heavy (non-hydrogen) atoms. The minimum Gasteiger partial charge on any atom is -0.494 e. The van der Waals surface area contributed by atoms with Gasteiger partial charge < -0.3 is 10.1 Å². The molecular weight excluding hydrogens is 358 g/mol. The number of halogens is 1. The fourth-order valence-corrected chi connectivity index (χ4v) is 2.86. The standard InChI is InChI=1S/C23H20ClNO2/c1-2-27-20-13-8-12-19(16-20)25-23(26)21(17-9-4-3-5-10-17)15-18-11-6-7-14-22(18)24/h3-16H,2H2,1H3,(H,25,26)/b21-15+. The molecule has 136 valence electrons. The Bertz CT molecular complexity index is 951. The molecule has 0 aliphatic carbocycles. The van der Waals surface area contributed by atoms with Crippen molar-refractivity contribution < 1.29 is 9.53 Å². The summed E-state index contributed by atoms with van der Waals surface area (Å²) in [6.07, 6.45) is 1.80. The molecule has 1 N–H and O–H groups in total. The van der Waals surface area contributed by atoms with Crippen LogP contribution in [0.1, 0.15) is 18.1 Å². The highest BCUT2D eigenvalue weighted by atomic mass is 35.5. The number of amides is 1. The van der Waals surface area contributed by atoms with Crippen LogP contribution in [0.25, 0.3) is 11.6 Å². The van der Waals surface area contributed by atoms with E-state index in [2.05, 4.69) is 5.32 Å². The molecule has 0 spiro atoms. The average Bonchev–Trinajstić information content (AvgIpc) is 2.68. The molecular formula is C23H20ClNO2. The Morgan fingerprint density at radius 2 is 1.74 bits per heavy atom. The molecule has 1 amide bonds. The van der Waals surface area contributed by atoms with Crippen LogP contribution in [0, 0.1) is 0 Å². The smallest absolute Gasteiger partial charge is 0.256 e. The molecule has 0 heterocycles. The first kappa shape index (κ1) is 18.7. The lowest BCUT2D eigenvalue weighted by Crippen LogP contribution is -2.13. The van der Waals surface area contributed by atoms with Gasteiger partial charge >= 0.3 is 0 Å². The second-order valence-corrected chi connectivity index (χ2v) is 6.27. The predicted molar refractivity (Wildman–Crippen MR) is 112 cm³/mol. The van der Waals surface area contributed by atoms with Crippen molar-refractivity contribution in [2.75, 3.05) is 11.9 Å². The molecule has 0 saturated heterocycles. The van der Waals surface area contributed by atoms with Crippen LogP contribution in [-0.2, 0) is 4.79 Å². The van der Waals surface area contributed by atoms with Gasteiger partial charge in [-0.15, -0.1) is 0 Å². The van der Waals surface area contributed by atoms with Gasteiger partial charge in [-0.3, -0.25) is 4.79 Å². The third-order valence-corrected chi connectivity index (χ3v) is 4.28. The Balaban J connectivity index is 1.95. The summed E-state index contributed by atoms with van der Waals surface area (Å²) >= 11 is 6.28. The van der Waals surface area contributed by atoms with E-state index >= 15 is 0 Å². The normalized spacial score (nSPS) is 11.1. The number of carbonyl (C=O) groups is 1. The van der Waals surface area contributed by atoms with Gasteiger partial charge in [0.05, 0.1) is 6.61 Å². The van der Waals surface area contributed by atoms with Gasteiger partial charge in [-0.1, -0.05) is 66.2 Å². The fraction of sp³-hybridized carbons (Fsp3) is 0.0870. The van der Waals surface area contributed by atoms with Crippen LogP contribution in [0.5, 0.6) is 5.75 Å². The number of carbonyl (C=O) groups excluding carboxylic acids is 1. The molecule has 3 aromatic carbocycles. The van der Waals surface area contributed by atoms with Gasteiger partial charge in [-0.05, 0) is 42.3 Å². The van der Waals surface area contributed by atoms with E-state index in [0.717, 1.165) is 11.1 Å². The van der Waals surface area contributed by atoms with Crippen molar-refractivity contribution in [3.8, 4) is 5.75 Å². The molecule has 0 aliphatic rings. The van der Waals surface area contributed by atoms with Gasteiger partial charge in [0.15, 0.2) is 0 Å². The van der Waals surface area contributed by atoms with Crippen LogP contribution in [0.2, 0.25) is 5.02 Å². The van der Waals surface area contributed by atoms with Crippen LogP contribution in [-0.4, -0.2) is 12.5 Å². The van der Waals surface area contributed by atoms with Crippen molar-refractivity contribution in [2.45, 2.75) is 6.92 Å². The third-order valence-electron chi connectivity index (χ3n) is 3.94. The summed E-state index contributed by atoms with van der Waals surface area (Å²) in [5.41, 5.74) is 2.81. The van der Waals surface area contributed by atoms with E-state index in [0.29, 0.717) is 28.6 Å². The molecule has 0 aromatic heterocycles. The van der Waals surface area contributed by atoms with Gasteiger partial charge in [-0.2, -0.15) is 0 Å². The Kier molecular flexibility index (Phi) is 6.29. The quantitative estimate of drug-likeness (QED) is 0.428. The minimum atomic E-state index is -0.213. The molecule has 0 atom stereocenters. The van der Waals surface area contributed by atoms with Crippen molar-refractivity contribution in [3.63, 3.8) is 0 Å². The van der Waals surface area contributed by atoms with E-state index in [4.69, 9.17) is 16.3 Å². The van der Waals surface area contributed by atoms with Crippen molar-refractivity contribution >= 4 is 34.8 Å². The molecule has 0 aliphatic heterocycles. The van der Waals surface area contributed by atoms with Crippen LogP contribution in [0.4, 0.5) is 5.69 Å². The third kappa shape index (κ3) is 4.99. The molecule has 0 radical (unpaired) electrons. The number of hydrogen-bond donors (Lipinski definition) is 1. The number of hydrogen-bond acceptors (Lipinski definition) is 2. The van der Waals surface area contributed by atoms with Crippen molar-refractivity contribution in [3.05, 3.63) is 95.0 Å². The summed E-state index contributed by atoms with van der Waals surface area (Å²) in [5, 5.41) is 3.54.